The zero-order chi connectivity index (χ0) is 12.3. The van der Waals surface area contributed by atoms with Gasteiger partial charge in [0.25, 0.3) is 0 Å². The number of hydrogen-bond acceptors (Lipinski definition) is 3. The second-order valence-corrected chi connectivity index (χ2v) is 5.82. The maximum absolute atomic E-state index is 6.08. The highest BCUT2D eigenvalue weighted by Gasteiger charge is 2.41. The lowest BCUT2D eigenvalue weighted by molar-refractivity contribution is 0.0511. The van der Waals surface area contributed by atoms with Crippen LogP contribution in [-0.2, 0) is 0 Å². The van der Waals surface area contributed by atoms with Crippen LogP contribution >= 0.6 is 12.2 Å². The highest BCUT2D eigenvalue weighted by atomic mass is 32.1. The molecule has 2 fully saturated rings. The number of piperazine rings is 1. The molecule has 0 aromatic rings. The van der Waals surface area contributed by atoms with Crippen LogP contribution in [0.5, 0.6) is 0 Å². The summed E-state index contributed by atoms with van der Waals surface area (Å²) in [7, 11) is 0. The van der Waals surface area contributed by atoms with E-state index >= 15 is 0 Å². The third kappa shape index (κ3) is 2.64. The zero-order valence-electron chi connectivity index (χ0n) is 11.0. The van der Waals surface area contributed by atoms with Crippen LogP contribution in [0.1, 0.15) is 39.0 Å². The van der Waals surface area contributed by atoms with Gasteiger partial charge in [-0.05, 0) is 19.4 Å². The molecule has 3 nitrogen and oxygen atoms in total. The van der Waals surface area contributed by atoms with Crippen LogP contribution in [-0.4, -0.2) is 53.1 Å². The third-order valence-electron chi connectivity index (χ3n) is 4.56. The summed E-state index contributed by atoms with van der Waals surface area (Å²) in [4.78, 5) is 5.81. The molecule has 0 radical (unpaired) electrons. The molecule has 2 aliphatic rings. The number of nitrogens with two attached hydrogens (primary N) is 1. The van der Waals surface area contributed by atoms with Crippen LogP contribution in [0.15, 0.2) is 0 Å². The van der Waals surface area contributed by atoms with Crippen molar-refractivity contribution >= 4 is 17.2 Å². The molecule has 0 atom stereocenters. The molecular formula is C13H25N3S. The second kappa shape index (κ2) is 5.63. The van der Waals surface area contributed by atoms with E-state index in [0.717, 1.165) is 24.6 Å². The summed E-state index contributed by atoms with van der Waals surface area (Å²) < 4.78 is 0. The molecule has 1 aliphatic carbocycles. The first-order valence-electron chi connectivity index (χ1n) is 6.96. The molecule has 1 saturated heterocycles. The standard InChI is InChI=1S/C13H25N3S/c1-2-15-8-10-16(11-9-15)13(12(14)17)6-4-3-5-7-13/h2-11H2,1H3,(H2,14,17). The normalized spacial score (nSPS) is 26.9. The molecule has 0 aromatic carbocycles. The van der Waals surface area contributed by atoms with Gasteiger partial charge in [-0.2, -0.15) is 0 Å². The molecule has 0 amide bonds. The fourth-order valence-electron chi connectivity index (χ4n) is 3.35. The molecule has 2 rings (SSSR count). The minimum absolute atomic E-state index is 0.0490. The molecule has 0 aromatic heterocycles. The predicted octanol–water partition coefficient (Wildman–Crippen LogP) is 1.61. The van der Waals surface area contributed by atoms with Crippen molar-refractivity contribution in [2.75, 3.05) is 32.7 Å². The van der Waals surface area contributed by atoms with Gasteiger partial charge in [0.15, 0.2) is 0 Å². The number of hydrogen-bond donors (Lipinski definition) is 1. The van der Waals surface area contributed by atoms with Crippen molar-refractivity contribution in [2.24, 2.45) is 5.73 Å². The Hall–Kier alpha value is -0.190. The number of nitrogens with zero attached hydrogens (tertiary/aromatic N) is 2. The zero-order valence-corrected chi connectivity index (χ0v) is 11.8. The number of rotatable bonds is 3. The van der Waals surface area contributed by atoms with Crippen molar-refractivity contribution < 1.29 is 0 Å². The molecule has 1 aliphatic heterocycles. The molecule has 0 bridgehead atoms. The SMILES string of the molecule is CCN1CCN(C2(C(N)=S)CCCCC2)CC1. The molecule has 1 saturated carbocycles. The summed E-state index contributed by atoms with van der Waals surface area (Å²) in [5.74, 6) is 0. The van der Waals surface area contributed by atoms with Crippen LogP contribution in [0.4, 0.5) is 0 Å². The highest BCUT2D eigenvalue weighted by molar-refractivity contribution is 7.80. The first-order valence-corrected chi connectivity index (χ1v) is 7.37. The topological polar surface area (TPSA) is 32.5 Å². The monoisotopic (exact) mass is 255 g/mol. The second-order valence-electron chi connectivity index (χ2n) is 5.38. The Labute approximate surface area is 110 Å². The molecule has 4 heteroatoms. The third-order valence-corrected chi connectivity index (χ3v) is 4.94. The summed E-state index contributed by atoms with van der Waals surface area (Å²) in [6.07, 6.45) is 6.26. The first-order chi connectivity index (χ1) is 8.19. The predicted molar refractivity (Wildman–Crippen MR) is 76.3 cm³/mol. The van der Waals surface area contributed by atoms with Gasteiger partial charge in [-0.25, -0.2) is 0 Å². The first kappa shape index (κ1) is 13.2. The van der Waals surface area contributed by atoms with Crippen LogP contribution in [0, 0.1) is 0 Å². The van der Waals surface area contributed by atoms with E-state index in [1.165, 1.54) is 45.2 Å². The van der Waals surface area contributed by atoms with Gasteiger partial charge in [0.1, 0.15) is 0 Å². The van der Waals surface area contributed by atoms with Gasteiger partial charge in [0, 0.05) is 26.2 Å². The number of thiocarbonyl (C=S) groups is 1. The molecule has 98 valence electrons. The van der Waals surface area contributed by atoms with Crippen molar-refractivity contribution in [2.45, 2.75) is 44.6 Å². The summed E-state index contributed by atoms with van der Waals surface area (Å²) in [6, 6.07) is 0. The van der Waals surface area contributed by atoms with Crippen molar-refractivity contribution in [3.63, 3.8) is 0 Å². The lowest BCUT2D eigenvalue weighted by atomic mass is 9.79. The van der Waals surface area contributed by atoms with Gasteiger partial charge < -0.3 is 10.6 Å². The van der Waals surface area contributed by atoms with Gasteiger partial charge in [0.2, 0.25) is 0 Å². The minimum Gasteiger partial charge on any atom is -0.392 e. The Morgan fingerprint density at radius 2 is 1.71 bits per heavy atom. The van der Waals surface area contributed by atoms with Crippen molar-refractivity contribution in [3.8, 4) is 0 Å². The van der Waals surface area contributed by atoms with E-state index in [0.29, 0.717) is 0 Å². The Kier molecular flexibility index (Phi) is 4.39. The van der Waals surface area contributed by atoms with Crippen molar-refractivity contribution in [1.29, 1.82) is 0 Å². The van der Waals surface area contributed by atoms with Gasteiger partial charge >= 0.3 is 0 Å². The Balaban J connectivity index is 2.04. The van der Waals surface area contributed by atoms with E-state index in [2.05, 4.69) is 16.7 Å². The number of likely N-dealkylation sites (N-methyl/N-ethyl adjacent to an activating group) is 1. The van der Waals surface area contributed by atoms with Crippen molar-refractivity contribution in [1.82, 2.24) is 9.80 Å². The summed E-state index contributed by atoms with van der Waals surface area (Å²) in [6.45, 7) is 7.99. The van der Waals surface area contributed by atoms with Crippen LogP contribution < -0.4 is 5.73 Å². The molecule has 17 heavy (non-hydrogen) atoms. The fraction of sp³-hybridized carbons (Fsp3) is 0.923. The van der Waals surface area contributed by atoms with E-state index in [4.69, 9.17) is 18.0 Å². The summed E-state index contributed by atoms with van der Waals surface area (Å²) in [5, 5.41) is 0. The molecule has 2 N–H and O–H groups in total. The van der Waals surface area contributed by atoms with Crippen LogP contribution in [0.25, 0.3) is 0 Å². The van der Waals surface area contributed by atoms with Gasteiger partial charge in [0.05, 0.1) is 10.5 Å². The largest absolute Gasteiger partial charge is 0.392 e. The quantitative estimate of drug-likeness (QED) is 0.777. The maximum atomic E-state index is 6.08. The van der Waals surface area contributed by atoms with Crippen LogP contribution in [0.2, 0.25) is 0 Å². The molecule has 0 spiro atoms. The Bertz CT molecular complexity index is 266. The molecule has 1 heterocycles. The molecule has 0 unspecified atom stereocenters. The van der Waals surface area contributed by atoms with Crippen LogP contribution in [0.3, 0.4) is 0 Å². The average molecular weight is 255 g/mol. The van der Waals surface area contributed by atoms with E-state index in [1.807, 2.05) is 0 Å². The Morgan fingerprint density at radius 3 is 2.18 bits per heavy atom. The molecular weight excluding hydrogens is 230 g/mol. The summed E-state index contributed by atoms with van der Waals surface area (Å²) in [5.41, 5.74) is 6.13. The summed E-state index contributed by atoms with van der Waals surface area (Å²) >= 11 is 5.39. The average Bonchev–Trinajstić information content (AvgIpc) is 2.39. The van der Waals surface area contributed by atoms with Gasteiger partial charge in [-0.3, -0.25) is 4.90 Å². The van der Waals surface area contributed by atoms with E-state index in [9.17, 15) is 0 Å². The van der Waals surface area contributed by atoms with Gasteiger partial charge in [-0.1, -0.05) is 38.4 Å². The minimum atomic E-state index is 0.0490. The van der Waals surface area contributed by atoms with Crippen molar-refractivity contribution in [3.05, 3.63) is 0 Å². The van der Waals surface area contributed by atoms with E-state index in [1.54, 1.807) is 0 Å². The Morgan fingerprint density at radius 1 is 1.12 bits per heavy atom. The fourth-order valence-corrected chi connectivity index (χ4v) is 3.68. The highest BCUT2D eigenvalue weighted by Crippen LogP contribution is 2.34. The maximum Gasteiger partial charge on any atom is 0.0933 e. The lowest BCUT2D eigenvalue weighted by Crippen LogP contribution is -2.62. The lowest BCUT2D eigenvalue weighted by Gasteiger charge is -2.49. The van der Waals surface area contributed by atoms with E-state index in [-0.39, 0.29) is 5.54 Å². The smallest absolute Gasteiger partial charge is 0.0933 e. The van der Waals surface area contributed by atoms with Gasteiger partial charge in [-0.15, -0.1) is 0 Å². The van der Waals surface area contributed by atoms with E-state index < -0.39 is 0 Å².